The van der Waals surface area contributed by atoms with E-state index >= 15 is 0 Å². The predicted octanol–water partition coefficient (Wildman–Crippen LogP) is 9.62. The number of benzene rings is 1. The second-order valence-electron chi connectivity index (χ2n) is 14.8. The molecule has 0 bridgehead atoms. The van der Waals surface area contributed by atoms with Gasteiger partial charge in [-0.3, -0.25) is 4.79 Å². The first kappa shape index (κ1) is 37.2. The van der Waals surface area contributed by atoms with Gasteiger partial charge in [0.1, 0.15) is 11.5 Å². The maximum Gasteiger partial charge on any atom is 0.311 e. The number of hydrogen-bond donors (Lipinski definition) is 1. The van der Waals surface area contributed by atoms with Crippen molar-refractivity contribution >= 4 is 22.6 Å². The third-order valence-electron chi connectivity index (χ3n) is 8.84. The smallest absolute Gasteiger partial charge is 0.311 e. The number of methoxy groups -OCH3 is 1. The number of aliphatic hydroxyl groups excluding tert-OH is 1. The quantitative estimate of drug-likeness (QED) is 0.130. The van der Waals surface area contributed by atoms with Crippen LogP contribution in [0.25, 0.3) is 0 Å². The minimum Gasteiger partial charge on any atom is -0.543 e. The molecule has 0 aliphatic heterocycles. The van der Waals surface area contributed by atoms with Crippen molar-refractivity contribution in [3.63, 3.8) is 0 Å². The molecule has 1 aromatic rings. The molecule has 0 aliphatic rings. The Hall–Kier alpha value is -1.84. The van der Waals surface area contributed by atoms with Crippen LogP contribution in [0.5, 0.6) is 11.5 Å². The van der Waals surface area contributed by atoms with Crippen LogP contribution in [0.1, 0.15) is 93.6 Å². The minimum atomic E-state index is -2.15. The minimum absolute atomic E-state index is 0.0174. The standard InChI is InChI=1S/C34H60O5Si2/c1-25(2)17-15-18-26(3)19-16-20-29(32(36)37-10)30(35)24-27-23-28(38-40(11,12)33(4,5)6)21-22-31(27)39-41(13,14)34(7,8)9/h17,19,21-23,29-30,35H,15-16,18,20,24H2,1-14H3. The van der Waals surface area contributed by atoms with E-state index in [4.69, 9.17) is 13.6 Å². The van der Waals surface area contributed by atoms with E-state index in [0.717, 1.165) is 29.9 Å². The van der Waals surface area contributed by atoms with Crippen molar-refractivity contribution in [2.75, 3.05) is 7.11 Å². The molecule has 0 heterocycles. The van der Waals surface area contributed by atoms with Gasteiger partial charge in [0.05, 0.1) is 19.1 Å². The summed E-state index contributed by atoms with van der Waals surface area (Å²) in [5.74, 6) is 0.531. The van der Waals surface area contributed by atoms with E-state index in [1.807, 2.05) is 18.2 Å². The number of allylic oxidation sites excluding steroid dienone is 4. The van der Waals surface area contributed by atoms with E-state index in [-0.39, 0.29) is 22.5 Å². The molecular formula is C34H60O5Si2. The molecule has 1 rings (SSSR count). The third kappa shape index (κ3) is 11.8. The van der Waals surface area contributed by atoms with Gasteiger partial charge in [0.15, 0.2) is 0 Å². The zero-order chi connectivity index (χ0) is 31.8. The van der Waals surface area contributed by atoms with Crippen molar-refractivity contribution in [1.82, 2.24) is 0 Å². The molecule has 7 heteroatoms. The van der Waals surface area contributed by atoms with Gasteiger partial charge in [-0.05, 0) is 106 Å². The summed E-state index contributed by atoms with van der Waals surface area (Å²) in [4.78, 5) is 12.8. The number of esters is 1. The predicted molar refractivity (Wildman–Crippen MR) is 179 cm³/mol. The molecule has 1 aromatic carbocycles. The number of rotatable bonds is 14. The lowest BCUT2D eigenvalue weighted by Gasteiger charge is -2.38. The third-order valence-corrected chi connectivity index (χ3v) is 17.5. The molecule has 5 nitrogen and oxygen atoms in total. The number of hydrogen-bond acceptors (Lipinski definition) is 5. The Morgan fingerprint density at radius 1 is 0.902 bits per heavy atom. The van der Waals surface area contributed by atoms with Crippen LogP contribution in [0.2, 0.25) is 36.3 Å². The highest BCUT2D eigenvalue weighted by molar-refractivity contribution is 6.75. The summed E-state index contributed by atoms with van der Waals surface area (Å²) in [6, 6.07) is 5.98. The fourth-order valence-electron chi connectivity index (χ4n) is 3.94. The molecule has 2 unspecified atom stereocenters. The monoisotopic (exact) mass is 604 g/mol. The lowest BCUT2D eigenvalue weighted by atomic mass is 9.91. The molecule has 0 radical (unpaired) electrons. The first-order valence-corrected chi connectivity index (χ1v) is 21.0. The summed E-state index contributed by atoms with van der Waals surface area (Å²) in [7, 11) is -2.83. The highest BCUT2D eigenvalue weighted by Gasteiger charge is 2.41. The first-order chi connectivity index (χ1) is 18.6. The molecule has 2 atom stereocenters. The Kier molecular flexibility index (Phi) is 13.7. The zero-order valence-electron chi connectivity index (χ0n) is 28.7. The highest BCUT2D eigenvalue weighted by Crippen LogP contribution is 2.41. The van der Waals surface area contributed by atoms with Crippen LogP contribution in [0, 0.1) is 5.92 Å². The molecule has 0 saturated carbocycles. The molecule has 0 spiro atoms. The number of carbonyl (C=O) groups is 1. The van der Waals surface area contributed by atoms with Gasteiger partial charge in [-0.2, -0.15) is 0 Å². The topological polar surface area (TPSA) is 65.0 Å². The van der Waals surface area contributed by atoms with Crippen LogP contribution in [0.4, 0.5) is 0 Å². The molecule has 0 amide bonds. The van der Waals surface area contributed by atoms with Crippen LogP contribution in [-0.2, 0) is 16.0 Å². The summed E-state index contributed by atoms with van der Waals surface area (Å²) in [5.41, 5.74) is 3.48. The van der Waals surface area contributed by atoms with Crippen molar-refractivity contribution < 1.29 is 23.5 Å². The summed E-state index contributed by atoms with van der Waals surface area (Å²) >= 11 is 0. The molecule has 1 N–H and O–H groups in total. The maximum atomic E-state index is 12.8. The van der Waals surface area contributed by atoms with E-state index in [1.165, 1.54) is 18.3 Å². The van der Waals surface area contributed by atoms with Gasteiger partial charge in [-0.15, -0.1) is 0 Å². The summed E-state index contributed by atoms with van der Waals surface area (Å²) in [6.45, 7) is 28.5. The van der Waals surface area contributed by atoms with E-state index in [2.05, 4.69) is 101 Å². The fourth-order valence-corrected chi connectivity index (χ4v) is 6.02. The lowest BCUT2D eigenvalue weighted by Crippen LogP contribution is -2.44. The van der Waals surface area contributed by atoms with E-state index in [0.29, 0.717) is 12.8 Å². The molecule has 0 saturated heterocycles. The van der Waals surface area contributed by atoms with Gasteiger partial charge in [0, 0.05) is 6.42 Å². The average Bonchev–Trinajstić information content (AvgIpc) is 2.81. The van der Waals surface area contributed by atoms with Crippen LogP contribution in [-0.4, -0.2) is 40.9 Å². The normalized spacial score (nSPS) is 14.8. The fraction of sp³-hybridized carbons (Fsp3) is 0.676. The molecule has 0 aromatic heterocycles. The largest absolute Gasteiger partial charge is 0.543 e. The van der Waals surface area contributed by atoms with Crippen molar-refractivity contribution in [3.8, 4) is 11.5 Å². The van der Waals surface area contributed by atoms with Crippen LogP contribution < -0.4 is 8.85 Å². The summed E-state index contributed by atoms with van der Waals surface area (Å²) in [5, 5.41) is 11.5. The second kappa shape index (κ2) is 15.1. The Morgan fingerprint density at radius 3 is 1.98 bits per heavy atom. The first-order valence-electron chi connectivity index (χ1n) is 15.2. The van der Waals surface area contributed by atoms with Crippen LogP contribution in [0.3, 0.4) is 0 Å². The zero-order valence-corrected chi connectivity index (χ0v) is 30.7. The van der Waals surface area contributed by atoms with Gasteiger partial charge < -0.3 is 18.7 Å². The van der Waals surface area contributed by atoms with Crippen molar-refractivity contribution in [2.45, 2.75) is 137 Å². The average molecular weight is 605 g/mol. The lowest BCUT2D eigenvalue weighted by molar-refractivity contribution is -0.149. The van der Waals surface area contributed by atoms with Crippen LogP contribution >= 0.6 is 0 Å². The Balaban J connectivity index is 3.32. The van der Waals surface area contributed by atoms with Gasteiger partial charge >= 0.3 is 5.97 Å². The Morgan fingerprint density at radius 2 is 1.46 bits per heavy atom. The summed E-state index contributed by atoms with van der Waals surface area (Å²) < 4.78 is 18.5. The van der Waals surface area contributed by atoms with E-state index in [1.54, 1.807) is 0 Å². The number of ether oxygens (including phenoxy) is 1. The molecule has 41 heavy (non-hydrogen) atoms. The highest BCUT2D eigenvalue weighted by atomic mass is 28.4. The maximum absolute atomic E-state index is 12.8. The molecule has 0 fully saturated rings. The Labute approximate surface area is 254 Å². The van der Waals surface area contributed by atoms with Crippen LogP contribution in [0.15, 0.2) is 41.5 Å². The number of aliphatic hydroxyl groups is 1. The number of carbonyl (C=O) groups excluding carboxylic acids is 1. The van der Waals surface area contributed by atoms with Gasteiger partial charge in [-0.25, -0.2) is 0 Å². The van der Waals surface area contributed by atoms with Crippen molar-refractivity contribution in [3.05, 3.63) is 47.1 Å². The molecule has 234 valence electrons. The SMILES string of the molecule is COC(=O)C(CCC=C(C)CCC=C(C)C)C(O)Cc1cc(O[Si](C)(C)C(C)(C)C)ccc1O[Si](C)(C)C(C)(C)C. The molecular weight excluding hydrogens is 545 g/mol. The van der Waals surface area contributed by atoms with Gasteiger partial charge in [-0.1, -0.05) is 64.8 Å². The van der Waals surface area contributed by atoms with Gasteiger partial charge in [0.2, 0.25) is 16.6 Å². The van der Waals surface area contributed by atoms with E-state index < -0.39 is 28.7 Å². The van der Waals surface area contributed by atoms with Crippen molar-refractivity contribution in [1.29, 1.82) is 0 Å². The Bertz CT molecular complexity index is 1050. The second-order valence-corrected chi connectivity index (χ2v) is 24.3. The van der Waals surface area contributed by atoms with Gasteiger partial charge in [0.25, 0.3) is 0 Å². The van der Waals surface area contributed by atoms with E-state index in [9.17, 15) is 9.90 Å². The van der Waals surface area contributed by atoms with Crippen molar-refractivity contribution in [2.24, 2.45) is 5.92 Å². The molecule has 0 aliphatic carbocycles. The summed E-state index contributed by atoms with van der Waals surface area (Å²) in [6.07, 6.45) is 7.02.